The van der Waals surface area contributed by atoms with Gasteiger partial charge in [0, 0.05) is 19.1 Å². The second-order valence-electron chi connectivity index (χ2n) is 2.58. The molecule has 60 valence electrons. The van der Waals surface area contributed by atoms with Crippen LogP contribution in [0.5, 0.6) is 0 Å². The Kier molecular flexibility index (Phi) is 2.28. The van der Waals surface area contributed by atoms with Gasteiger partial charge < -0.3 is 11.1 Å². The predicted molar refractivity (Wildman–Crippen MR) is 39.5 cm³/mol. The van der Waals surface area contributed by atoms with E-state index in [4.69, 9.17) is 5.73 Å². The highest BCUT2D eigenvalue weighted by Crippen LogP contribution is 1.95. The maximum Gasteiger partial charge on any atom is 0.153 e. The molecule has 0 aliphatic carbocycles. The molecule has 1 heterocycles. The van der Waals surface area contributed by atoms with Crippen molar-refractivity contribution < 1.29 is 8.42 Å². The summed E-state index contributed by atoms with van der Waals surface area (Å²) in [6.07, 6.45) is 0. The highest BCUT2D eigenvalue weighted by atomic mass is 32.2. The van der Waals surface area contributed by atoms with E-state index in [1.54, 1.807) is 0 Å². The summed E-state index contributed by atoms with van der Waals surface area (Å²) in [5.41, 5.74) is 5.47. The molecule has 0 bridgehead atoms. The van der Waals surface area contributed by atoms with Crippen LogP contribution in [0.25, 0.3) is 0 Å². The van der Waals surface area contributed by atoms with E-state index >= 15 is 0 Å². The topological polar surface area (TPSA) is 72.2 Å². The largest absolute Gasteiger partial charge is 0.326 e. The number of nitrogens with one attached hydrogen (secondary N) is 1. The Morgan fingerprint density at radius 3 is 2.90 bits per heavy atom. The van der Waals surface area contributed by atoms with Gasteiger partial charge in [-0.15, -0.1) is 0 Å². The van der Waals surface area contributed by atoms with Gasteiger partial charge in [0.2, 0.25) is 0 Å². The minimum atomic E-state index is -2.86. The van der Waals surface area contributed by atoms with Crippen LogP contribution in [0.4, 0.5) is 0 Å². The van der Waals surface area contributed by atoms with Gasteiger partial charge in [0.15, 0.2) is 9.84 Å². The van der Waals surface area contributed by atoms with Gasteiger partial charge in [-0.1, -0.05) is 0 Å². The predicted octanol–water partition coefficient (Wildman–Crippen LogP) is -1.67. The summed E-state index contributed by atoms with van der Waals surface area (Å²) < 4.78 is 21.9. The van der Waals surface area contributed by atoms with Crippen LogP contribution in [0, 0.1) is 0 Å². The van der Waals surface area contributed by atoms with Gasteiger partial charge in [-0.2, -0.15) is 0 Å². The van der Waals surface area contributed by atoms with Crippen molar-refractivity contribution in [3.8, 4) is 0 Å². The van der Waals surface area contributed by atoms with Crippen molar-refractivity contribution in [2.45, 2.75) is 6.04 Å². The smallest absolute Gasteiger partial charge is 0.153 e. The summed E-state index contributed by atoms with van der Waals surface area (Å²) in [4.78, 5) is 0. The summed E-state index contributed by atoms with van der Waals surface area (Å²) in [7, 11) is -2.86. The first-order valence-electron chi connectivity index (χ1n) is 3.27. The van der Waals surface area contributed by atoms with Crippen LogP contribution in [0.3, 0.4) is 0 Å². The number of nitrogens with two attached hydrogens (primary N) is 1. The SMILES string of the molecule is NC1CNCCS(=O)(=O)C1. The fourth-order valence-electron chi connectivity index (χ4n) is 0.984. The van der Waals surface area contributed by atoms with Crippen LogP contribution in [0.2, 0.25) is 0 Å². The Labute approximate surface area is 60.7 Å². The highest BCUT2D eigenvalue weighted by Gasteiger charge is 2.18. The van der Waals surface area contributed by atoms with Gasteiger partial charge in [0.25, 0.3) is 0 Å². The van der Waals surface area contributed by atoms with E-state index in [0.717, 1.165) is 0 Å². The average molecular weight is 164 g/mol. The summed E-state index contributed by atoms with van der Waals surface area (Å²) in [6.45, 7) is 1.15. The molecule has 4 nitrogen and oxygen atoms in total. The lowest BCUT2D eigenvalue weighted by Gasteiger charge is -2.04. The van der Waals surface area contributed by atoms with Crippen LogP contribution in [0.1, 0.15) is 0 Å². The zero-order valence-electron chi connectivity index (χ0n) is 5.71. The molecular formula is C5H12N2O2S. The standard InChI is InChI=1S/C5H12N2O2S/c6-5-3-7-1-2-10(8,9)4-5/h5,7H,1-4,6H2. The zero-order chi connectivity index (χ0) is 7.61. The minimum Gasteiger partial charge on any atom is -0.326 e. The normalized spacial score (nSPS) is 33.1. The second-order valence-corrected chi connectivity index (χ2v) is 4.81. The van der Waals surface area contributed by atoms with E-state index in [2.05, 4.69) is 5.32 Å². The van der Waals surface area contributed by atoms with E-state index < -0.39 is 9.84 Å². The molecule has 0 radical (unpaired) electrons. The molecule has 1 saturated heterocycles. The lowest BCUT2D eigenvalue weighted by atomic mass is 10.4. The molecule has 1 aliphatic rings. The molecule has 0 aromatic carbocycles. The first-order chi connectivity index (χ1) is 4.60. The molecule has 3 N–H and O–H groups in total. The summed E-state index contributed by atoms with van der Waals surface area (Å²) in [6, 6.07) is -0.229. The van der Waals surface area contributed by atoms with Crippen molar-refractivity contribution in [1.82, 2.24) is 5.32 Å². The molecule has 1 atom stereocenters. The second kappa shape index (κ2) is 2.86. The van der Waals surface area contributed by atoms with Crippen molar-refractivity contribution in [2.75, 3.05) is 24.6 Å². The summed E-state index contributed by atoms with van der Waals surface area (Å²) in [5, 5.41) is 2.95. The van der Waals surface area contributed by atoms with E-state index in [9.17, 15) is 8.42 Å². The maximum atomic E-state index is 11.0. The first-order valence-corrected chi connectivity index (χ1v) is 5.09. The maximum absolute atomic E-state index is 11.0. The van der Waals surface area contributed by atoms with Crippen LogP contribution >= 0.6 is 0 Å². The Bertz CT molecular complexity index is 200. The van der Waals surface area contributed by atoms with Crippen LogP contribution in [-0.2, 0) is 9.84 Å². The molecule has 1 unspecified atom stereocenters. The minimum absolute atomic E-state index is 0.125. The summed E-state index contributed by atoms with van der Waals surface area (Å²) in [5.74, 6) is 0.348. The Balaban J connectivity index is 2.64. The Morgan fingerprint density at radius 2 is 2.20 bits per heavy atom. The van der Waals surface area contributed by atoms with E-state index in [1.165, 1.54) is 0 Å². The molecule has 0 amide bonds. The molecule has 0 spiro atoms. The van der Waals surface area contributed by atoms with Gasteiger partial charge in [-0.05, 0) is 0 Å². The molecule has 0 aromatic rings. The molecule has 1 fully saturated rings. The van der Waals surface area contributed by atoms with Crippen molar-refractivity contribution in [3.63, 3.8) is 0 Å². The molecular weight excluding hydrogens is 152 g/mol. The highest BCUT2D eigenvalue weighted by molar-refractivity contribution is 7.91. The number of hydrogen-bond donors (Lipinski definition) is 2. The Hall–Kier alpha value is -0.130. The van der Waals surface area contributed by atoms with Gasteiger partial charge in [-0.3, -0.25) is 0 Å². The fourth-order valence-corrected chi connectivity index (χ4v) is 2.38. The van der Waals surface area contributed by atoms with Gasteiger partial charge in [0.1, 0.15) is 0 Å². The molecule has 10 heavy (non-hydrogen) atoms. The van der Waals surface area contributed by atoms with Crippen molar-refractivity contribution in [1.29, 1.82) is 0 Å². The Morgan fingerprint density at radius 1 is 1.50 bits per heavy atom. The van der Waals surface area contributed by atoms with Crippen LogP contribution in [0.15, 0.2) is 0 Å². The van der Waals surface area contributed by atoms with Gasteiger partial charge in [0.05, 0.1) is 11.5 Å². The molecule has 5 heteroatoms. The monoisotopic (exact) mass is 164 g/mol. The van der Waals surface area contributed by atoms with Gasteiger partial charge >= 0.3 is 0 Å². The number of sulfone groups is 1. The summed E-state index contributed by atoms with van der Waals surface area (Å²) >= 11 is 0. The third-order valence-corrected chi connectivity index (χ3v) is 3.23. The lowest BCUT2D eigenvalue weighted by molar-refractivity contribution is 0.592. The molecule has 0 saturated carbocycles. The number of hydrogen-bond acceptors (Lipinski definition) is 4. The third-order valence-electron chi connectivity index (χ3n) is 1.46. The van der Waals surface area contributed by atoms with Crippen LogP contribution in [-0.4, -0.2) is 39.1 Å². The average Bonchev–Trinajstić information content (AvgIpc) is 1.90. The zero-order valence-corrected chi connectivity index (χ0v) is 6.52. The molecule has 0 aromatic heterocycles. The van der Waals surface area contributed by atoms with Crippen molar-refractivity contribution in [2.24, 2.45) is 5.73 Å². The quantitative estimate of drug-likeness (QED) is 0.449. The van der Waals surface area contributed by atoms with Crippen LogP contribution < -0.4 is 11.1 Å². The third kappa shape index (κ3) is 2.24. The first kappa shape index (κ1) is 7.97. The van der Waals surface area contributed by atoms with Crippen molar-refractivity contribution in [3.05, 3.63) is 0 Å². The van der Waals surface area contributed by atoms with E-state index in [1.807, 2.05) is 0 Å². The molecule has 1 aliphatic heterocycles. The van der Waals surface area contributed by atoms with E-state index in [-0.39, 0.29) is 17.5 Å². The lowest BCUT2D eigenvalue weighted by Crippen LogP contribution is -2.35. The number of rotatable bonds is 0. The van der Waals surface area contributed by atoms with Crippen molar-refractivity contribution >= 4 is 9.84 Å². The van der Waals surface area contributed by atoms with Gasteiger partial charge in [-0.25, -0.2) is 8.42 Å². The van der Waals surface area contributed by atoms with E-state index in [0.29, 0.717) is 13.1 Å². The molecule has 1 rings (SSSR count). The fraction of sp³-hybridized carbons (Fsp3) is 1.00.